The third-order valence-corrected chi connectivity index (χ3v) is 9.71. The van der Waals surface area contributed by atoms with Crippen LogP contribution >= 0.6 is 12.4 Å². The first-order valence-electron chi connectivity index (χ1n) is 14.5. The van der Waals surface area contributed by atoms with Crippen molar-refractivity contribution in [3.05, 3.63) is 23.8 Å². The average Bonchev–Trinajstić information content (AvgIpc) is 3.68. The summed E-state index contributed by atoms with van der Waals surface area (Å²) in [6.45, 7) is 17.4. The molecule has 198 valence electrons. The van der Waals surface area contributed by atoms with E-state index < -0.39 is 0 Å². The van der Waals surface area contributed by atoms with Crippen molar-refractivity contribution in [1.82, 2.24) is 4.90 Å². The fourth-order valence-electron chi connectivity index (χ4n) is 7.08. The zero-order valence-electron chi connectivity index (χ0n) is 22.8. The third kappa shape index (κ3) is 6.30. The van der Waals surface area contributed by atoms with E-state index in [1.165, 1.54) is 95.5 Å². The number of piperazine rings is 1. The fourth-order valence-corrected chi connectivity index (χ4v) is 7.08. The maximum atomic E-state index is 6.04. The van der Waals surface area contributed by atoms with Crippen LogP contribution in [0, 0.1) is 11.3 Å². The minimum absolute atomic E-state index is 0. The number of hydrogen-bond acceptors (Lipinski definition) is 4. The Kier molecular flexibility index (Phi) is 8.98. The first kappa shape index (κ1) is 27.1. The molecule has 2 heterocycles. The lowest BCUT2D eigenvalue weighted by molar-refractivity contribution is -0.00522. The van der Waals surface area contributed by atoms with E-state index in [4.69, 9.17) is 4.74 Å². The van der Waals surface area contributed by atoms with Gasteiger partial charge < -0.3 is 14.5 Å². The summed E-state index contributed by atoms with van der Waals surface area (Å²) in [5, 5.41) is 0. The van der Waals surface area contributed by atoms with Gasteiger partial charge in [-0.15, -0.1) is 12.4 Å². The van der Waals surface area contributed by atoms with Gasteiger partial charge in [0.2, 0.25) is 0 Å². The summed E-state index contributed by atoms with van der Waals surface area (Å²) in [6, 6.07) is 7.48. The number of halogens is 1. The second kappa shape index (κ2) is 11.6. The standard InChI is InChI=1S/C30H49N3O.ClH/c1-5-30(6-2)13-11-26(12-14-30)28-19-27(33-20-23(3)34-24(4)21-33)9-10-29(28)32-17-15-31(16-18-32)22-25-7-8-25;/h9-10,19,23-26H,5-8,11-18,20-22H2,1-4H3;1H/t23-,24+;. The second-order valence-corrected chi connectivity index (χ2v) is 12.1. The van der Waals surface area contributed by atoms with Crippen LogP contribution in [0.5, 0.6) is 0 Å². The molecule has 0 spiro atoms. The highest BCUT2D eigenvalue weighted by Crippen LogP contribution is 2.49. The normalized spacial score (nSPS) is 28.1. The van der Waals surface area contributed by atoms with Gasteiger partial charge in [0.1, 0.15) is 0 Å². The van der Waals surface area contributed by atoms with Crippen molar-refractivity contribution in [2.45, 2.75) is 97.2 Å². The molecule has 0 radical (unpaired) electrons. The van der Waals surface area contributed by atoms with Gasteiger partial charge in [-0.25, -0.2) is 0 Å². The van der Waals surface area contributed by atoms with E-state index in [2.05, 4.69) is 60.6 Å². The lowest BCUT2D eigenvalue weighted by atomic mass is 9.66. The van der Waals surface area contributed by atoms with Crippen molar-refractivity contribution in [3.8, 4) is 0 Å². The molecule has 4 aliphatic rings. The molecule has 5 heteroatoms. The molecule has 35 heavy (non-hydrogen) atoms. The molecular weight excluding hydrogens is 454 g/mol. The highest BCUT2D eigenvalue weighted by atomic mass is 35.5. The van der Waals surface area contributed by atoms with Crippen LogP contribution in [0.3, 0.4) is 0 Å². The minimum atomic E-state index is 0. The molecule has 2 saturated carbocycles. The molecule has 0 amide bonds. The molecule has 2 saturated heterocycles. The SMILES string of the molecule is CCC1(CC)CCC(c2cc(N3C[C@@H](C)O[C@@H](C)C3)ccc2N2CCN(CC3CC3)CC2)CC1.Cl. The summed E-state index contributed by atoms with van der Waals surface area (Å²) >= 11 is 0. The minimum Gasteiger partial charge on any atom is -0.372 e. The van der Waals surface area contributed by atoms with Crippen molar-refractivity contribution >= 4 is 23.8 Å². The van der Waals surface area contributed by atoms with Crippen LogP contribution in [0.2, 0.25) is 0 Å². The Morgan fingerprint density at radius 2 is 1.49 bits per heavy atom. The van der Waals surface area contributed by atoms with Crippen molar-refractivity contribution < 1.29 is 4.74 Å². The van der Waals surface area contributed by atoms with Crippen LogP contribution < -0.4 is 9.80 Å². The number of rotatable bonds is 7. The summed E-state index contributed by atoms with van der Waals surface area (Å²) in [5.41, 5.74) is 5.18. The van der Waals surface area contributed by atoms with Gasteiger partial charge in [-0.3, -0.25) is 4.90 Å². The summed E-state index contributed by atoms with van der Waals surface area (Å²) in [7, 11) is 0. The fraction of sp³-hybridized carbons (Fsp3) is 0.800. The molecule has 1 aromatic carbocycles. The summed E-state index contributed by atoms with van der Waals surface area (Å²) in [4.78, 5) is 8.01. The Hall–Kier alpha value is -0.970. The van der Waals surface area contributed by atoms with Gasteiger partial charge in [-0.2, -0.15) is 0 Å². The van der Waals surface area contributed by atoms with Crippen LogP contribution in [0.4, 0.5) is 11.4 Å². The lowest BCUT2D eigenvalue weighted by Gasteiger charge is -2.42. The highest BCUT2D eigenvalue weighted by molar-refractivity contribution is 5.85. The van der Waals surface area contributed by atoms with E-state index in [1.54, 1.807) is 5.56 Å². The van der Waals surface area contributed by atoms with Gasteiger partial charge in [0.15, 0.2) is 0 Å². The first-order chi connectivity index (χ1) is 16.5. The Labute approximate surface area is 221 Å². The molecule has 0 N–H and O–H groups in total. The van der Waals surface area contributed by atoms with Gasteiger partial charge >= 0.3 is 0 Å². The Morgan fingerprint density at radius 3 is 2.06 bits per heavy atom. The van der Waals surface area contributed by atoms with Crippen LogP contribution in [0.25, 0.3) is 0 Å². The molecule has 2 aliphatic carbocycles. The average molecular weight is 504 g/mol. The smallest absolute Gasteiger partial charge is 0.0726 e. The van der Waals surface area contributed by atoms with E-state index in [0.29, 0.717) is 23.5 Å². The van der Waals surface area contributed by atoms with Crippen molar-refractivity contribution in [3.63, 3.8) is 0 Å². The highest BCUT2D eigenvalue weighted by Gasteiger charge is 2.35. The molecule has 1 aromatic rings. The van der Waals surface area contributed by atoms with Crippen LogP contribution in [-0.2, 0) is 4.74 Å². The quantitative estimate of drug-likeness (QED) is 0.411. The van der Waals surface area contributed by atoms with E-state index in [1.807, 2.05) is 0 Å². The van der Waals surface area contributed by atoms with E-state index in [-0.39, 0.29) is 12.4 Å². The summed E-state index contributed by atoms with van der Waals surface area (Å²) in [6.07, 6.45) is 11.7. The van der Waals surface area contributed by atoms with Gasteiger partial charge in [-0.05, 0) is 93.4 Å². The number of benzene rings is 1. The van der Waals surface area contributed by atoms with E-state index in [0.717, 1.165) is 19.0 Å². The molecule has 5 rings (SSSR count). The predicted molar refractivity (Wildman–Crippen MR) is 152 cm³/mol. The van der Waals surface area contributed by atoms with Crippen molar-refractivity contribution in [2.75, 3.05) is 55.6 Å². The number of ether oxygens (including phenoxy) is 1. The van der Waals surface area contributed by atoms with Gasteiger partial charge in [0, 0.05) is 57.2 Å². The molecule has 0 unspecified atom stereocenters. The topological polar surface area (TPSA) is 19.0 Å². The molecule has 0 aromatic heterocycles. The van der Waals surface area contributed by atoms with Crippen molar-refractivity contribution in [1.29, 1.82) is 0 Å². The molecule has 2 aliphatic heterocycles. The maximum absolute atomic E-state index is 6.04. The molecular formula is C30H50ClN3O. The third-order valence-electron chi connectivity index (χ3n) is 9.71. The van der Waals surface area contributed by atoms with E-state index in [9.17, 15) is 0 Å². The number of anilines is 2. The largest absolute Gasteiger partial charge is 0.372 e. The predicted octanol–water partition coefficient (Wildman–Crippen LogP) is 6.72. The van der Waals surface area contributed by atoms with E-state index >= 15 is 0 Å². The number of hydrogen-bond donors (Lipinski definition) is 0. The monoisotopic (exact) mass is 503 g/mol. The molecule has 4 nitrogen and oxygen atoms in total. The van der Waals surface area contributed by atoms with Crippen LogP contribution in [0.15, 0.2) is 18.2 Å². The second-order valence-electron chi connectivity index (χ2n) is 12.1. The Morgan fingerprint density at radius 1 is 0.857 bits per heavy atom. The van der Waals surface area contributed by atoms with Crippen LogP contribution in [0.1, 0.15) is 90.5 Å². The zero-order chi connectivity index (χ0) is 23.7. The lowest BCUT2D eigenvalue weighted by Crippen LogP contribution is -2.47. The Bertz CT molecular complexity index is 796. The van der Waals surface area contributed by atoms with Gasteiger partial charge in [0.05, 0.1) is 12.2 Å². The maximum Gasteiger partial charge on any atom is 0.0726 e. The summed E-state index contributed by atoms with van der Waals surface area (Å²) < 4.78 is 6.04. The molecule has 0 bridgehead atoms. The number of nitrogens with zero attached hydrogens (tertiary/aromatic N) is 3. The van der Waals surface area contributed by atoms with Crippen LogP contribution in [-0.4, -0.2) is 62.9 Å². The molecule has 4 fully saturated rings. The van der Waals surface area contributed by atoms with Crippen molar-refractivity contribution in [2.24, 2.45) is 11.3 Å². The van der Waals surface area contributed by atoms with Gasteiger partial charge in [-0.1, -0.05) is 26.7 Å². The molecule has 2 atom stereocenters. The first-order valence-corrected chi connectivity index (χ1v) is 14.5. The summed E-state index contributed by atoms with van der Waals surface area (Å²) in [5.74, 6) is 1.71. The number of morpholine rings is 1. The zero-order valence-corrected chi connectivity index (χ0v) is 23.6. The Balaban J connectivity index is 0.00000289. The van der Waals surface area contributed by atoms with Gasteiger partial charge in [0.25, 0.3) is 0 Å².